The number of hydrogen-bond donors (Lipinski definition) is 3. The van der Waals surface area contributed by atoms with E-state index in [9.17, 15) is 0 Å². The van der Waals surface area contributed by atoms with Gasteiger partial charge in [0.1, 0.15) is 5.65 Å². The van der Waals surface area contributed by atoms with E-state index in [0.717, 1.165) is 33.4 Å². The van der Waals surface area contributed by atoms with Crippen molar-refractivity contribution in [2.45, 2.75) is 0 Å². The van der Waals surface area contributed by atoms with Crippen LogP contribution in [-0.2, 0) is 0 Å². The smallest absolute Gasteiger partial charge is 0.139 e. The van der Waals surface area contributed by atoms with Crippen LogP contribution in [0.3, 0.4) is 0 Å². The Morgan fingerprint density at radius 3 is 2.77 bits per heavy atom. The summed E-state index contributed by atoms with van der Waals surface area (Å²) in [4.78, 5) is 7.33. The van der Waals surface area contributed by atoms with Gasteiger partial charge in [-0.25, -0.2) is 4.98 Å². The first-order chi connectivity index (χ1) is 10.8. The van der Waals surface area contributed by atoms with Gasteiger partial charge in [-0.05, 0) is 23.3 Å². The second kappa shape index (κ2) is 6.10. The number of allylic oxidation sites excluding steroid dienone is 2. The SMILES string of the molecule is C=C(/C(C=N)=C/Nc1ccnc2[nH]ccc12)c1ccccc1. The first-order valence-electron chi connectivity index (χ1n) is 6.93. The van der Waals surface area contributed by atoms with Gasteiger partial charge >= 0.3 is 0 Å². The van der Waals surface area contributed by atoms with E-state index < -0.39 is 0 Å². The molecule has 0 aliphatic heterocycles. The van der Waals surface area contributed by atoms with E-state index in [1.54, 1.807) is 12.4 Å². The summed E-state index contributed by atoms with van der Waals surface area (Å²) in [6.45, 7) is 4.08. The van der Waals surface area contributed by atoms with E-state index in [4.69, 9.17) is 5.41 Å². The van der Waals surface area contributed by atoms with Gasteiger partial charge in [-0.1, -0.05) is 36.9 Å². The molecule has 3 N–H and O–H groups in total. The summed E-state index contributed by atoms with van der Waals surface area (Å²) in [5.74, 6) is 0. The van der Waals surface area contributed by atoms with Crippen LogP contribution in [0.1, 0.15) is 5.56 Å². The number of H-pyrrole nitrogens is 1. The Hall–Kier alpha value is -3.14. The van der Waals surface area contributed by atoms with Crippen molar-refractivity contribution in [2.75, 3.05) is 5.32 Å². The second-order valence-electron chi connectivity index (χ2n) is 4.83. The van der Waals surface area contributed by atoms with Crippen molar-refractivity contribution in [1.82, 2.24) is 9.97 Å². The zero-order chi connectivity index (χ0) is 15.4. The largest absolute Gasteiger partial charge is 0.360 e. The van der Waals surface area contributed by atoms with Crippen LogP contribution in [0.15, 0.2) is 73.2 Å². The summed E-state index contributed by atoms with van der Waals surface area (Å²) in [5, 5.41) is 11.9. The van der Waals surface area contributed by atoms with Gasteiger partial charge in [-0.2, -0.15) is 0 Å². The van der Waals surface area contributed by atoms with Gasteiger partial charge < -0.3 is 15.7 Å². The number of nitrogens with one attached hydrogen (secondary N) is 3. The summed E-state index contributed by atoms with van der Waals surface area (Å²) in [6.07, 6.45) is 6.69. The van der Waals surface area contributed by atoms with Crippen LogP contribution in [0.5, 0.6) is 0 Å². The molecule has 1 aromatic carbocycles. The summed E-state index contributed by atoms with van der Waals surface area (Å²) in [7, 11) is 0. The van der Waals surface area contributed by atoms with Gasteiger partial charge in [0.05, 0.1) is 5.69 Å². The second-order valence-corrected chi connectivity index (χ2v) is 4.83. The van der Waals surface area contributed by atoms with E-state index >= 15 is 0 Å². The number of aromatic amines is 1. The maximum absolute atomic E-state index is 7.63. The van der Waals surface area contributed by atoms with Gasteiger partial charge in [-0.3, -0.25) is 0 Å². The average molecular weight is 288 g/mol. The molecule has 0 radical (unpaired) electrons. The van der Waals surface area contributed by atoms with Crippen molar-refractivity contribution < 1.29 is 0 Å². The Morgan fingerprint density at radius 1 is 1.18 bits per heavy atom. The van der Waals surface area contributed by atoms with Crippen LogP contribution < -0.4 is 5.32 Å². The Labute approximate surface area is 128 Å². The summed E-state index contributed by atoms with van der Waals surface area (Å²) < 4.78 is 0. The number of rotatable bonds is 5. The van der Waals surface area contributed by atoms with Crippen molar-refractivity contribution in [1.29, 1.82) is 5.41 Å². The molecule has 0 saturated carbocycles. The van der Waals surface area contributed by atoms with E-state index in [2.05, 4.69) is 21.9 Å². The molecule has 0 aliphatic carbocycles. The minimum absolute atomic E-state index is 0.728. The normalized spacial score (nSPS) is 11.4. The highest BCUT2D eigenvalue weighted by Gasteiger charge is 2.04. The zero-order valence-corrected chi connectivity index (χ0v) is 12.0. The lowest BCUT2D eigenvalue weighted by Crippen LogP contribution is -1.96. The number of fused-ring (bicyclic) bond motifs is 1. The van der Waals surface area contributed by atoms with Gasteiger partial charge in [0.25, 0.3) is 0 Å². The van der Waals surface area contributed by atoms with Crippen LogP contribution in [-0.4, -0.2) is 16.2 Å². The third-order valence-corrected chi connectivity index (χ3v) is 3.47. The molecule has 4 heteroatoms. The minimum Gasteiger partial charge on any atom is -0.360 e. The van der Waals surface area contributed by atoms with Gasteiger partial charge in [0.15, 0.2) is 0 Å². The predicted octanol–water partition coefficient (Wildman–Crippen LogP) is 4.22. The third kappa shape index (κ3) is 2.67. The highest BCUT2D eigenvalue weighted by atomic mass is 14.9. The molecule has 0 spiro atoms. The minimum atomic E-state index is 0.728. The Kier molecular flexibility index (Phi) is 3.83. The summed E-state index contributed by atoms with van der Waals surface area (Å²) in [6, 6.07) is 13.7. The number of aromatic nitrogens is 2. The number of benzene rings is 1. The van der Waals surface area contributed by atoms with Crippen molar-refractivity contribution in [2.24, 2.45) is 0 Å². The van der Waals surface area contributed by atoms with E-state index in [1.807, 2.05) is 48.7 Å². The molecular weight excluding hydrogens is 272 g/mol. The lowest BCUT2D eigenvalue weighted by atomic mass is 10.0. The third-order valence-electron chi connectivity index (χ3n) is 3.47. The molecule has 2 aromatic heterocycles. The van der Waals surface area contributed by atoms with Gasteiger partial charge in [0.2, 0.25) is 0 Å². The maximum Gasteiger partial charge on any atom is 0.139 e. The fourth-order valence-electron chi connectivity index (χ4n) is 2.26. The molecule has 3 rings (SSSR count). The molecule has 4 nitrogen and oxygen atoms in total. The van der Waals surface area contributed by atoms with Crippen LogP contribution in [0.25, 0.3) is 16.6 Å². The molecule has 0 atom stereocenters. The Balaban J connectivity index is 1.88. The van der Waals surface area contributed by atoms with Gasteiger partial charge in [-0.15, -0.1) is 0 Å². The fourth-order valence-corrected chi connectivity index (χ4v) is 2.26. The molecule has 0 saturated heterocycles. The van der Waals surface area contributed by atoms with Crippen LogP contribution >= 0.6 is 0 Å². The molecule has 0 bridgehead atoms. The number of nitrogens with zero attached hydrogens (tertiary/aromatic N) is 1. The highest BCUT2D eigenvalue weighted by Crippen LogP contribution is 2.23. The Morgan fingerprint density at radius 2 is 2.00 bits per heavy atom. The number of pyridine rings is 1. The van der Waals surface area contributed by atoms with Crippen LogP contribution in [0.2, 0.25) is 0 Å². The first kappa shape index (κ1) is 13.8. The summed E-state index contributed by atoms with van der Waals surface area (Å²) >= 11 is 0. The van der Waals surface area contributed by atoms with Crippen LogP contribution in [0, 0.1) is 5.41 Å². The lowest BCUT2D eigenvalue weighted by Gasteiger charge is -2.08. The quantitative estimate of drug-likeness (QED) is 0.486. The van der Waals surface area contributed by atoms with Crippen molar-refractivity contribution in [3.63, 3.8) is 0 Å². The van der Waals surface area contributed by atoms with Gasteiger partial charge in [0, 0.05) is 35.8 Å². The predicted molar refractivity (Wildman–Crippen MR) is 92.1 cm³/mol. The molecular formula is C18H16N4. The van der Waals surface area contributed by atoms with E-state index in [-0.39, 0.29) is 0 Å². The Bertz CT molecular complexity index is 844. The van der Waals surface area contributed by atoms with E-state index in [0.29, 0.717) is 0 Å². The number of hydrogen-bond acceptors (Lipinski definition) is 3. The molecule has 0 fully saturated rings. The zero-order valence-electron chi connectivity index (χ0n) is 12.0. The molecule has 0 unspecified atom stereocenters. The molecule has 22 heavy (non-hydrogen) atoms. The summed E-state index contributed by atoms with van der Waals surface area (Å²) in [5.41, 5.74) is 4.30. The standard InChI is InChI=1S/C18H16N4/c1-13(14-5-3-2-4-6-14)15(11-19)12-22-17-8-10-21-18-16(17)7-9-20-18/h2-12,19H,1H2,(H2,20,21,22)/b15-12+,19-11?. The number of anilines is 1. The molecule has 0 amide bonds. The molecule has 3 aromatic rings. The maximum atomic E-state index is 7.63. The lowest BCUT2D eigenvalue weighted by molar-refractivity contribution is 1.32. The highest BCUT2D eigenvalue weighted by molar-refractivity contribution is 5.99. The van der Waals surface area contributed by atoms with Crippen LogP contribution in [0.4, 0.5) is 5.69 Å². The van der Waals surface area contributed by atoms with E-state index in [1.165, 1.54) is 6.21 Å². The topological polar surface area (TPSA) is 64.6 Å². The van der Waals surface area contributed by atoms with Crippen molar-refractivity contribution in [3.05, 3.63) is 78.8 Å². The molecule has 108 valence electrons. The molecule has 2 heterocycles. The average Bonchev–Trinajstić information content (AvgIpc) is 3.05. The van der Waals surface area contributed by atoms with Crippen molar-refractivity contribution in [3.8, 4) is 0 Å². The monoisotopic (exact) mass is 288 g/mol. The van der Waals surface area contributed by atoms with Crippen molar-refractivity contribution >= 4 is 28.5 Å². The first-order valence-corrected chi connectivity index (χ1v) is 6.93. The fraction of sp³-hybridized carbons (Fsp3) is 0. The molecule has 0 aliphatic rings.